The lowest BCUT2D eigenvalue weighted by atomic mass is 9.69. The maximum absolute atomic E-state index is 10.3. The molecule has 2 heteroatoms. The molecule has 0 bridgehead atoms. The minimum Gasteiger partial charge on any atom is -0.393 e. The lowest BCUT2D eigenvalue weighted by molar-refractivity contribution is -0.104. The van der Waals surface area contributed by atoms with E-state index in [0.29, 0.717) is 0 Å². The van der Waals surface area contributed by atoms with Crippen molar-refractivity contribution in [3.05, 3.63) is 11.6 Å². The first-order chi connectivity index (χ1) is 8.86. The molecule has 1 heterocycles. The van der Waals surface area contributed by atoms with Crippen LogP contribution in [0.2, 0.25) is 0 Å². The summed E-state index contributed by atoms with van der Waals surface area (Å²) in [5, 5.41) is 10.3. The molecule has 0 aromatic rings. The Morgan fingerprint density at radius 3 is 2.37 bits per heavy atom. The minimum absolute atomic E-state index is 0.112. The van der Waals surface area contributed by atoms with E-state index in [0.717, 1.165) is 19.4 Å². The molecule has 19 heavy (non-hydrogen) atoms. The van der Waals surface area contributed by atoms with Crippen LogP contribution < -0.4 is 0 Å². The lowest BCUT2D eigenvalue weighted by Gasteiger charge is -2.58. The molecule has 0 amide bonds. The highest BCUT2D eigenvalue weighted by molar-refractivity contribution is 5.08. The Morgan fingerprint density at radius 1 is 1.16 bits per heavy atom. The number of rotatable bonds is 2. The van der Waals surface area contributed by atoms with Crippen LogP contribution in [0.15, 0.2) is 11.6 Å². The van der Waals surface area contributed by atoms with Crippen LogP contribution in [0, 0.1) is 0 Å². The van der Waals surface area contributed by atoms with E-state index in [1.165, 1.54) is 37.7 Å². The van der Waals surface area contributed by atoms with E-state index in [2.05, 4.69) is 38.7 Å². The summed E-state index contributed by atoms with van der Waals surface area (Å²) in [4.78, 5) is 2.71. The Labute approximate surface area is 118 Å². The maximum Gasteiger partial charge on any atom is 0.0575 e. The highest BCUT2D eigenvalue weighted by Gasteiger charge is 2.49. The third-order valence-electron chi connectivity index (χ3n) is 5.12. The van der Waals surface area contributed by atoms with E-state index in [1.807, 2.05) is 0 Å². The molecule has 1 saturated heterocycles. The fourth-order valence-electron chi connectivity index (χ4n) is 4.35. The Bertz CT molecular complexity index is 335. The number of hydrogen-bond donors (Lipinski definition) is 1. The number of piperidine rings is 1. The summed E-state index contributed by atoms with van der Waals surface area (Å²) in [5.41, 5.74) is 1.76. The summed E-state index contributed by atoms with van der Waals surface area (Å²) in [6, 6.07) is 0. The van der Waals surface area contributed by atoms with Crippen molar-refractivity contribution in [3.8, 4) is 0 Å². The van der Waals surface area contributed by atoms with Crippen LogP contribution in [0.4, 0.5) is 0 Å². The average molecular weight is 265 g/mol. The van der Waals surface area contributed by atoms with Gasteiger partial charge in [0.25, 0.3) is 0 Å². The highest BCUT2D eigenvalue weighted by atomic mass is 16.3. The fraction of sp³-hybridized carbons (Fsp3) is 0.882. The summed E-state index contributed by atoms with van der Waals surface area (Å²) in [6.07, 6.45) is 10.7. The van der Waals surface area contributed by atoms with Gasteiger partial charge in [0.1, 0.15) is 0 Å². The molecule has 1 unspecified atom stereocenters. The molecule has 1 aliphatic carbocycles. The Kier molecular flexibility index (Phi) is 4.42. The van der Waals surface area contributed by atoms with E-state index in [1.54, 1.807) is 0 Å². The van der Waals surface area contributed by atoms with Crippen molar-refractivity contribution in [1.29, 1.82) is 0 Å². The van der Waals surface area contributed by atoms with Crippen molar-refractivity contribution in [2.24, 2.45) is 0 Å². The van der Waals surface area contributed by atoms with Crippen molar-refractivity contribution in [2.45, 2.75) is 89.8 Å². The largest absolute Gasteiger partial charge is 0.393 e. The molecular weight excluding hydrogens is 234 g/mol. The Balaban J connectivity index is 2.26. The van der Waals surface area contributed by atoms with Gasteiger partial charge in [-0.05, 0) is 53.4 Å². The molecule has 2 nitrogen and oxygen atoms in total. The van der Waals surface area contributed by atoms with Gasteiger partial charge in [0, 0.05) is 17.6 Å². The predicted octanol–water partition coefficient (Wildman–Crippen LogP) is 3.89. The molecule has 2 aliphatic rings. The SMILES string of the molecule is CC(C)=CCN1C(C)(C)CC(O)CC12CCCCC2. The number of aliphatic hydroxyl groups excluding tert-OH is 1. The number of hydrogen-bond acceptors (Lipinski definition) is 2. The van der Waals surface area contributed by atoms with Crippen molar-refractivity contribution in [1.82, 2.24) is 4.90 Å². The summed E-state index contributed by atoms with van der Waals surface area (Å²) in [7, 11) is 0. The predicted molar refractivity (Wildman–Crippen MR) is 81.3 cm³/mol. The normalized spacial score (nSPS) is 30.3. The van der Waals surface area contributed by atoms with Crippen molar-refractivity contribution in [2.75, 3.05) is 6.54 Å². The van der Waals surface area contributed by atoms with Gasteiger partial charge >= 0.3 is 0 Å². The minimum atomic E-state index is -0.115. The third kappa shape index (κ3) is 3.22. The van der Waals surface area contributed by atoms with Crippen LogP contribution in [0.1, 0.15) is 72.6 Å². The van der Waals surface area contributed by atoms with E-state index in [4.69, 9.17) is 0 Å². The number of allylic oxidation sites excluding steroid dienone is 1. The standard InChI is InChI=1S/C17H31NO/c1-14(2)8-11-18-16(3,4)12-15(19)13-17(18)9-6-5-7-10-17/h8,15,19H,5-7,9-13H2,1-4H3. The second-order valence-corrected chi connectivity index (χ2v) is 7.55. The van der Waals surface area contributed by atoms with Crippen LogP contribution in [0.5, 0.6) is 0 Å². The topological polar surface area (TPSA) is 23.5 Å². The van der Waals surface area contributed by atoms with E-state index in [9.17, 15) is 5.11 Å². The smallest absolute Gasteiger partial charge is 0.0575 e. The lowest BCUT2D eigenvalue weighted by Crippen LogP contribution is -2.64. The summed E-state index contributed by atoms with van der Waals surface area (Å²) >= 11 is 0. The summed E-state index contributed by atoms with van der Waals surface area (Å²) in [6.45, 7) is 10.0. The first kappa shape index (κ1) is 15.1. The summed E-state index contributed by atoms with van der Waals surface area (Å²) in [5.74, 6) is 0. The van der Waals surface area contributed by atoms with Crippen LogP contribution >= 0.6 is 0 Å². The quantitative estimate of drug-likeness (QED) is 0.766. The van der Waals surface area contributed by atoms with Gasteiger partial charge in [0.05, 0.1) is 6.10 Å². The van der Waals surface area contributed by atoms with Crippen LogP contribution in [-0.2, 0) is 0 Å². The highest BCUT2D eigenvalue weighted by Crippen LogP contribution is 2.46. The summed E-state index contributed by atoms with van der Waals surface area (Å²) < 4.78 is 0. The Hall–Kier alpha value is -0.340. The van der Waals surface area contributed by atoms with Gasteiger partial charge in [0.2, 0.25) is 0 Å². The van der Waals surface area contributed by atoms with Crippen LogP contribution in [0.25, 0.3) is 0 Å². The number of likely N-dealkylation sites (tertiary alicyclic amines) is 1. The van der Waals surface area contributed by atoms with Gasteiger partial charge in [-0.1, -0.05) is 30.9 Å². The molecular formula is C17H31NO. The molecule has 0 aromatic carbocycles. The molecule has 2 rings (SSSR count). The molecule has 2 fully saturated rings. The average Bonchev–Trinajstić information content (AvgIpc) is 2.26. The van der Waals surface area contributed by atoms with Gasteiger partial charge in [-0.25, -0.2) is 0 Å². The van der Waals surface area contributed by atoms with Crippen LogP contribution in [0.3, 0.4) is 0 Å². The van der Waals surface area contributed by atoms with Gasteiger partial charge in [-0.15, -0.1) is 0 Å². The van der Waals surface area contributed by atoms with Gasteiger partial charge in [-0.2, -0.15) is 0 Å². The fourth-order valence-corrected chi connectivity index (χ4v) is 4.35. The second-order valence-electron chi connectivity index (χ2n) is 7.55. The molecule has 1 N–H and O–H groups in total. The zero-order valence-electron chi connectivity index (χ0n) is 13.2. The first-order valence-corrected chi connectivity index (χ1v) is 7.95. The van der Waals surface area contributed by atoms with E-state index in [-0.39, 0.29) is 17.2 Å². The molecule has 1 spiro atoms. The van der Waals surface area contributed by atoms with Crippen molar-refractivity contribution in [3.63, 3.8) is 0 Å². The molecule has 0 radical (unpaired) electrons. The van der Waals surface area contributed by atoms with Gasteiger partial charge in [-0.3, -0.25) is 4.90 Å². The molecule has 1 aliphatic heterocycles. The van der Waals surface area contributed by atoms with Gasteiger partial charge in [0.15, 0.2) is 0 Å². The second kappa shape index (κ2) is 5.57. The van der Waals surface area contributed by atoms with E-state index < -0.39 is 0 Å². The zero-order chi connectivity index (χ0) is 14.1. The number of aliphatic hydroxyl groups is 1. The van der Waals surface area contributed by atoms with Crippen molar-refractivity contribution < 1.29 is 5.11 Å². The van der Waals surface area contributed by atoms with Crippen LogP contribution in [-0.4, -0.2) is 33.7 Å². The first-order valence-electron chi connectivity index (χ1n) is 7.95. The maximum atomic E-state index is 10.3. The molecule has 110 valence electrons. The van der Waals surface area contributed by atoms with Crippen molar-refractivity contribution >= 4 is 0 Å². The third-order valence-corrected chi connectivity index (χ3v) is 5.12. The molecule has 1 saturated carbocycles. The number of nitrogens with zero attached hydrogens (tertiary/aromatic N) is 1. The Morgan fingerprint density at radius 2 is 1.79 bits per heavy atom. The zero-order valence-corrected chi connectivity index (χ0v) is 13.2. The monoisotopic (exact) mass is 265 g/mol. The van der Waals surface area contributed by atoms with Gasteiger partial charge < -0.3 is 5.11 Å². The molecule has 0 aromatic heterocycles. The molecule has 1 atom stereocenters. The van der Waals surface area contributed by atoms with E-state index >= 15 is 0 Å².